The van der Waals surface area contributed by atoms with Crippen LogP contribution in [0.2, 0.25) is 0 Å². The average Bonchev–Trinajstić information content (AvgIpc) is 2.93. The summed E-state index contributed by atoms with van der Waals surface area (Å²) in [6.45, 7) is 0.640. The molecule has 0 radical (unpaired) electrons. The lowest BCUT2D eigenvalue weighted by atomic mass is 10.3. The van der Waals surface area contributed by atoms with Gasteiger partial charge in [-0.25, -0.2) is 9.37 Å². The highest BCUT2D eigenvalue weighted by Crippen LogP contribution is 2.12. The second-order valence-electron chi connectivity index (χ2n) is 4.13. The van der Waals surface area contributed by atoms with Crippen LogP contribution in [0.5, 0.6) is 0 Å². The summed E-state index contributed by atoms with van der Waals surface area (Å²) in [6, 6.07) is 2.81. The van der Waals surface area contributed by atoms with Crippen LogP contribution >= 0.6 is 36.2 Å². The molecule has 9 heteroatoms. The highest BCUT2D eigenvalue weighted by Gasteiger charge is 2.11. The first-order chi connectivity index (χ1) is 9.70. The normalized spacial score (nSPS) is 9.55. The summed E-state index contributed by atoms with van der Waals surface area (Å²) in [5.74, 6) is -0.764. The number of thiazole rings is 1. The molecule has 0 aliphatic carbocycles. The van der Waals surface area contributed by atoms with Crippen LogP contribution in [0.4, 0.5) is 4.39 Å². The van der Waals surface area contributed by atoms with Crippen molar-refractivity contribution in [2.75, 3.05) is 6.54 Å². The van der Waals surface area contributed by atoms with Crippen LogP contribution in [-0.4, -0.2) is 22.4 Å². The molecule has 0 aliphatic heterocycles. The number of aryl methyl sites for hydroxylation is 1. The number of halogens is 3. The lowest BCUT2D eigenvalue weighted by Gasteiger charge is -2.03. The Hall–Kier alpha value is -1.28. The van der Waals surface area contributed by atoms with Crippen molar-refractivity contribution in [1.29, 1.82) is 0 Å². The molecule has 3 N–H and O–H groups in total. The van der Waals surface area contributed by atoms with E-state index in [2.05, 4.69) is 15.3 Å². The summed E-state index contributed by atoms with van der Waals surface area (Å²) in [6.07, 6.45) is 3.09. The van der Waals surface area contributed by atoms with E-state index in [1.807, 2.05) is 0 Å². The Morgan fingerprint density at radius 2 is 2.18 bits per heavy atom. The Morgan fingerprint density at radius 3 is 2.86 bits per heavy atom. The zero-order valence-corrected chi connectivity index (χ0v) is 14.1. The van der Waals surface area contributed by atoms with Gasteiger partial charge in [0.05, 0.1) is 17.2 Å². The average molecular weight is 367 g/mol. The minimum atomic E-state index is -0.435. The third-order valence-electron chi connectivity index (χ3n) is 2.63. The van der Waals surface area contributed by atoms with E-state index in [0.717, 1.165) is 17.8 Å². The summed E-state index contributed by atoms with van der Waals surface area (Å²) in [5.41, 5.74) is 5.98. The van der Waals surface area contributed by atoms with Crippen molar-refractivity contribution < 1.29 is 9.18 Å². The van der Waals surface area contributed by atoms with Crippen molar-refractivity contribution in [3.8, 4) is 0 Å². The number of nitrogens with zero attached hydrogens (tertiary/aromatic N) is 2. The summed E-state index contributed by atoms with van der Waals surface area (Å²) < 4.78 is 13.3. The fourth-order valence-electron chi connectivity index (χ4n) is 1.59. The third kappa shape index (κ3) is 5.84. The number of carbonyl (C=O) groups excluding carboxylic acids is 1. The van der Waals surface area contributed by atoms with Crippen LogP contribution in [0.25, 0.3) is 0 Å². The molecule has 0 saturated heterocycles. The van der Waals surface area contributed by atoms with Gasteiger partial charge in [-0.3, -0.25) is 9.78 Å². The summed E-state index contributed by atoms with van der Waals surface area (Å²) in [7, 11) is 0. The fraction of sp³-hybridized carbons (Fsp3) is 0.308. The summed E-state index contributed by atoms with van der Waals surface area (Å²) >= 11 is 1.43. The van der Waals surface area contributed by atoms with Gasteiger partial charge in [-0.15, -0.1) is 36.2 Å². The highest BCUT2D eigenvalue weighted by atomic mass is 35.5. The molecular weight excluding hydrogens is 350 g/mol. The zero-order chi connectivity index (χ0) is 14.4. The van der Waals surface area contributed by atoms with Gasteiger partial charge in [0.25, 0.3) is 5.91 Å². The molecule has 2 heterocycles. The smallest absolute Gasteiger partial charge is 0.271 e. The Labute approximate surface area is 144 Å². The molecule has 2 aromatic rings. The van der Waals surface area contributed by atoms with Gasteiger partial charge in [-0.1, -0.05) is 0 Å². The van der Waals surface area contributed by atoms with E-state index in [1.165, 1.54) is 29.7 Å². The van der Waals surface area contributed by atoms with Crippen LogP contribution in [0, 0.1) is 5.82 Å². The number of pyridine rings is 1. The summed E-state index contributed by atoms with van der Waals surface area (Å²) in [4.78, 5) is 20.0. The maximum absolute atomic E-state index is 13.3. The Balaban J connectivity index is 0.00000220. The minimum absolute atomic E-state index is 0. The van der Waals surface area contributed by atoms with Crippen molar-refractivity contribution in [2.45, 2.75) is 19.4 Å². The molecule has 0 aliphatic rings. The molecule has 2 rings (SSSR count). The van der Waals surface area contributed by atoms with E-state index >= 15 is 0 Å². The topological polar surface area (TPSA) is 80.9 Å². The number of carbonyl (C=O) groups is 1. The number of hydrogen-bond acceptors (Lipinski definition) is 5. The number of rotatable bonds is 6. The highest BCUT2D eigenvalue weighted by molar-refractivity contribution is 7.09. The monoisotopic (exact) mass is 366 g/mol. The molecule has 0 atom stereocenters. The largest absolute Gasteiger partial charge is 0.345 e. The van der Waals surface area contributed by atoms with E-state index < -0.39 is 5.82 Å². The van der Waals surface area contributed by atoms with Crippen molar-refractivity contribution in [1.82, 2.24) is 15.3 Å². The number of amides is 1. The van der Waals surface area contributed by atoms with Crippen LogP contribution in [0.1, 0.15) is 27.6 Å². The van der Waals surface area contributed by atoms with Gasteiger partial charge < -0.3 is 11.1 Å². The predicted molar refractivity (Wildman–Crippen MR) is 89.4 cm³/mol. The molecule has 0 bridgehead atoms. The second-order valence-corrected chi connectivity index (χ2v) is 5.08. The van der Waals surface area contributed by atoms with Gasteiger partial charge in [0, 0.05) is 18.0 Å². The van der Waals surface area contributed by atoms with E-state index in [-0.39, 0.29) is 43.0 Å². The number of aromatic nitrogens is 2. The third-order valence-corrected chi connectivity index (χ3v) is 3.54. The molecule has 0 aromatic carbocycles. The molecule has 122 valence electrons. The molecule has 0 saturated carbocycles. The van der Waals surface area contributed by atoms with Crippen LogP contribution in [-0.2, 0) is 13.0 Å². The maximum atomic E-state index is 13.3. The van der Waals surface area contributed by atoms with Crippen molar-refractivity contribution >= 4 is 42.1 Å². The SMILES string of the molecule is Cl.Cl.NCCCc1nc(C(=O)NCc2ncccc2F)cs1. The van der Waals surface area contributed by atoms with E-state index in [4.69, 9.17) is 5.73 Å². The summed E-state index contributed by atoms with van der Waals surface area (Å²) in [5, 5.41) is 5.17. The fourth-order valence-corrected chi connectivity index (χ4v) is 2.41. The first-order valence-corrected chi connectivity index (χ1v) is 7.10. The van der Waals surface area contributed by atoms with Crippen LogP contribution in [0.15, 0.2) is 23.7 Å². The number of nitrogens with one attached hydrogen (secondary N) is 1. The van der Waals surface area contributed by atoms with Crippen LogP contribution in [0.3, 0.4) is 0 Å². The molecule has 5 nitrogen and oxygen atoms in total. The maximum Gasteiger partial charge on any atom is 0.271 e. The van der Waals surface area contributed by atoms with Gasteiger partial charge in [0.1, 0.15) is 11.5 Å². The molecule has 2 aromatic heterocycles. The van der Waals surface area contributed by atoms with Crippen LogP contribution < -0.4 is 11.1 Å². The van der Waals surface area contributed by atoms with Gasteiger partial charge in [-0.05, 0) is 25.1 Å². The number of hydrogen-bond donors (Lipinski definition) is 2. The van der Waals surface area contributed by atoms with Gasteiger partial charge >= 0.3 is 0 Å². The van der Waals surface area contributed by atoms with E-state index in [1.54, 1.807) is 5.38 Å². The predicted octanol–water partition coefficient (Wildman–Crippen LogP) is 2.34. The number of nitrogens with two attached hydrogens (primary N) is 1. The lowest BCUT2D eigenvalue weighted by Crippen LogP contribution is -2.24. The molecule has 22 heavy (non-hydrogen) atoms. The quantitative estimate of drug-likeness (QED) is 0.821. The van der Waals surface area contributed by atoms with E-state index in [9.17, 15) is 9.18 Å². The molecule has 0 spiro atoms. The Morgan fingerprint density at radius 1 is 1.41 bits per heavy atom. The van der Waals surface area contributed by atoms with Gasteiger partial charge in [-0.2, -0.15) is 0 Å². The Kier molecular flexibility index (Phi) is 9.84. The first kappa shape index (κ1) is 20.7. The van der Waals surface area contributed by atoms with Crippen molar-refractivity contribution in [3.63, 3.8) is 0 Å². The molecular formula is C13H17Cl2FN4OS. The second kappa shape index (κ2) is 10.4. The van der Waals surface area contributed by atoms with Gasteiger partial charge in [0.2, 0.25) is 0 Å². The molecule has 1 amide bonds. The van der Waals surface area contributed by atoms with Crippen molar-refractivity contribution in [2.24, 2.45) is 5.73 Å². The van der Waals surface area contributed by atoms with Crippen molar-refractivity contribution in [3.05, 3.63) is 45.9 Å². The first-order valence-electron chi connectivity index (χ1n) is 6.22. The standard InChI is InChI=1S/C13H15FN4OS.2ClH/c14-9-3-2-6-16-10(9)7-17-13(19)11-8-20-12(18-11)4-1-5-15;;/h2-3,6,8H,1,4-5,7,15H2,(H,17,19);2*1H. The zero-order valence-electron chi connectivity index (χ0n) is 11.6. The van der Waals surface area contributed by atoms with E-state index in [0.29, 0.717) is 12.2 Å². The lowest BCUT2D eigenvalue weighted by molar-refractivity contribution is 0.0945. The molecule has 0 unspecified atom stereocenters. The van der Waals surface area contributed by atoms with Gasteiger partial charge in [0.15, 0.2) is 0 Å². The Bertz CT molecular complexity index is 597. The minimum Gasteiger partial charge on any atom is -0.345 e. The molecule has 0 fully saturated rings.